The van der Waals surface area contributed by atoms with Gasteiger partial charge in [-0.2, -0.15) is 9.78 Å². The molecule has 1 fully saturated rings. The topological polar surface area (TPSA) is 68.9 Å². The van der Waals surface area contributed by atoms with E-state index in [9.17, 15) is 9.59 Å². The smallest absolute Gasteiger partial charge is 0.281 e. The van der Waals surface area contributed by atoms with Crippen LogP contribution in [0, 0.1) is 25.7 Å². The van der Waals surface area contributed by atoms with Crippen LogP contribution in [0.1, 0.15) is 57.3 Å². The predicted molar refractivity (Wildman–Crippen MR) is 128 cm³/mol. The van der Waals surface area contributed by atoms with Crippen LogP contribution in [0.25, 0.3) is 16.5 Å². The van der Waals surface area contributed by atoms with Crippen molar-refractivity contribution in [2.45, 2.75) is 72.4 Å². The van der Waals surface area contributed by atoms with Crippen LogP contribution in [-0.2, 0) is 11.3 Å². The minimum atomic E-state index is -0.105. The van der Waals surface area contributed by atoms with E-state index in [0.717, 1.165) is 35.3 Å². The van der Waals surface area contributed by atoms with Gasteiger partial charge in [-0.25, -0.2) is 0 Å². The molecule has 32 heavy (non-hydrogen) atoms. The molecule has 0 radical (unpaired) electrons. The number of amides is 1. The van der Waals surface area contributed by atoms with E-state index in [1.807, 2.05) is 44.2 Å². The van der Waals surface area contributed by atoms with E-state index in [-0.39, 0.29) is 11.5 Å². The molecule has 0 unspecified atom stereocenters. The summed E-state index contributed by atoms with van der Waals surface area (Å²) in [5.41, 5.74) is 2.61. The lowest BCUT2D eigenvalue weighted by molar-refractivity contribution is -0.122. The number of carbonyl (C=O) groups excluding carboxylic acids is 1. The monoisotopic (exact) mass is 434 g/mol. The Morgan fingerprint density at radius 3 is 2.62 bits per heavy atom. The number of fused-ring (bicyclic) bond motifs is 1. The van der Waals surface area contributed by atoms with Gasteiger partial charge in [-0.1, -0.05) is 44.9 Å². The highest BCUT2D eigenvalue weighted by Crippen LogP contribution is 2.29. The molecule has 6 heteroatoms. The zero-order chi connectivity index (χ0) is 22.8. The second kappa shape index (κ2) is 9.31. The number of hydrogen-bond donors (Lipinski definition) is 1. The molecule has 4 rings (SSSR count). The molecule has 6 nitrogen and oxygen atoms in total. The van der Waals surface area contributed by atoms with Crippen LogP contribution in [-0.4, -0.2) is 26.3 Å². The Bertz CT molecular complexity index is 1160. The van der Waals surface area contributed by atoms with E-state index in [1.54, 1.807) is 6.20 Å². The molecule has 1 saturated carbocycles. The van der Waals surface area contributed by atoms with Gasteiger partial charge in [0.1, 0.15) is 0 Å². The molecule has 1 aliphatic carbocycles. The maximum atomic E-state index is 13.2. The fourth-order valence-electron chi connectivity index (χ4n) is 5.16. The highest BCUT2D eigenvalue weighted by Gasteiger charge is 2.28. The van der Waals surface area contributed by atoms with Crippen LogP contribution in [0.15, 0.2) is 41.3 Å². The second-order valence-corrected chi connectivity index (χ2v) is 9.35. The molecule has 170 valence electrons. The summed E-state index contributed by atoms with van der Waals surface area (Å²) in [5.74, 6) is 1.34. The highest BCUT2D eigenvalue weighted by atomic mass is 16.1. The summed E-state index contributed by atoms with van der Waals surface area (Å²) in [6.07, 6.45) is 6.55. The summed E-state index contributed by atoms with van der Waals surface area (Å²) in [4.78, 5) is 25.8. The lowest BCUT2D eigenvalue weighted by atomic mass is 9.78. The molecule has 0 saturated heterocycles. The summed E-state index contributed by atoms with van der Waals surface area (Å²) in [6, 6.07) is 9.78. The Kier molecular flexibility index (Phi) is 6.49. The van der Waals surface area contributed by atoms with Gasteiger partial charge in [0, 0.05) is 35.8 Å². The number of nitrogens with one attached hydrogen (secondary N) is 1. The van der Waals surface area contributed by atoms with Crippen molar-refractivity contribution in [2.24, 2.45) is 11.8 Å². The Hall–Kier alpha value is -2.89. The van der Waals surface area contributed by atoms with Gasteiger partial charge in [0.2, 0.25) is 5.91 Å². The SMILES string of the molecule is Cc1c2cnn(-c3ccccc3)c(=O)c2c(C)n1CCCC(=O)N[C@@H]1CCC[C@@H](C)[C@@H]1C. The number of hydrogen-bond acceptors (Lipinski definition) is 3. The molecule has 2 aromatic heterocycles. The van der Waals surface area contributed by atoms with Crippen molar-refractivity contribution in [1.29, 1.82) is 0 Å². The lowest BCUT2D eigenvalue weighted by Gasteiger charge is -2.34. The minimum Gasteiger partial charge on any atom is -0.353 e. The maximum absolute atomic E-state index is 13.2. The maximum Gasteiger partial charge on any atom is 0.281 e. The Labute approximate surface area is 189 Å². The fourth-order valence-corrected chi connectivity index (χ4v) is 5.16. The molecule has 3 aromatic rings. The molecule has 1 aromatic carbocycles. The van der Waals surface area contributed by atoms with Gasteiger partial charge < -0.3 is 9.88 Å². The minimum absolute atomic E-state index is 0.105. The van der Waals surface area contributed by atoms with Gasteiger partial charge in [0.05, 0.1) is 17.3 Å². The zero-order valence-corrected chi connectivity index (χ0v) is 19.6. The second-order valence-electron chi connectivity index (χ2n) is 9.35. The first-order valence-corrected chi connectivity index (χ1v) is 11.8. The normalized spacial score (nSPS) is 21.1. The Balaban J connectivity index is 1.47. The number of carbonyl (C=O) groups is 1. The van der Waals surface area contributed by atoms with Crippen LogP contribution in [0.4, 0.5) is 0 Å². The fraction of sp³-hybridized carbons (Fsp3) is 0.500. The standard InChI is InChI=1S/C26H34N4O2/c1-17-10-8-13-23(18(17)2)28-24(31)14-9-15-29-19(3)22-16-27-30(21-11-6-5-7-12-21)26(32)25(22)20(29)4/h5-7,11-12,16-18,23H,8-10,13-15H2,1-4H3,(H,28,31)/t17-,18+,23-/m1/s1. The van der Waals surface area contributed by atoms with Crippen LogP contribution in [0.2, 0.25) is 0 Å². The average Bonchev–Trinajstić information content (AvgIpc) is 3.03. The molecule has 0 spiro atoms. The summed E-state index contributed by atoms with van der Waals surface area (Å²) < 4.78 is 3.61. The first-order chi connectivity index (χ1) is 15.4. The first-order valence-electron chi connectivity index (χ1n) is 11.8. The van der Waals surface area contributed by atoms with Crippen molar-refractivity contribution in [1.82, 2.24) is 19.7 Å². The molecule has 1 N–H and O–H groups in total. The molecular formula is C26H34N4O2. The zero-order valence-electron chi connectivity index (χ0n) is 19.6. The van der Waals surface area contributed by atoms with Gasteiger partial charge in [0.25, 0.3) is 5.56 Å². The van der Waals surface area contributed by atoms with Crippen molar-refractivity contribution in [3.05, 3.63) is 58.3 Å². The first kappa shape index (κ1) is 22.3. The van der Waals surface area contributed by atoms with E-state index in [4.69, 9.17) is 0 Å². The number of aromatic nitrogens is 3. The third-order valence-corrected chi connectivity index (χ3v) is 7.38. The molecule has 3 atom stereocenters. The number of para-hydroxylation sites is 1. The number of benzene rings is 1. The van der Waals surface area contributed by atoms with E-state index in [0.29, 0.717) is 36.2 Å². The average molecular weight is 435 g/mol. The Morgan fingerprint density at radius 1 is 1.12 bits per heavy atom. The number of nitrogens with zero attached hydrogens (tertiary/aromatic N) is 3. The molecular weight excluding hydrogens is 400 g/mol. The van der Waals surface area contributed by atoms with E-state index in [1.165, 1.54) is 17.5 Å². The van der Waals surface area contributed by atoms with Crippen LogP contribution in [0.3, 0.4) is 0 Å². The van der Waals surface area contributed by atoms with Crippen LogP contribution in [0.5, 0.6) is 0 Å². The van der Waals surface area contributed by atoms with Crippen LogP contribution >= 0.6 is 0 Å². The molecule has 1 amide bonds. The van der Waals surface area contributed by atoms with E-state index in [2.05, 4.69) is 28.8 Å². The summed E-state index contributed by atoms with van der Waals surface area (Å²) in [7, 11) is 0. The largest absolute Gasteiger partial charge is 0.353 e. The van der Waals surface area contributed by atoms with Gasteiger partial charge in [-0.15, -0.1) is 0 Å². The molecule has 0 aliphatic heterocycles. The quantitative estimate of drug-likeness (QED) is 0.620. The van der Waals surface area contributed by atoms with Crippen LogP contribution < -0.4 is 10.9 Å². The summed E-state index contributed by atoms with van der Waals surface area (Å²) >= 11 is 0. The summed E-state index contributed by atoms with van der Waals surface area (Å²) in [6.45, 7) is 9.25. The number of aryl methyl sites for hydroxylation is 2. The van der Waals surface area contributed by atoms with Crippen molar-refractivity contribution in [3.8, 4) is 5.69 Å². The van der Waals surface area contributed by atoms with Crippen molar-refractivity contribution >= 4 is 16.7 Å². The predicted octanol–water partition coefficient (Wildman–Crippen LogP) is 4.53. The molecule has 2 heterocycles. The van der Waals surface area contributed by atoms with Gasteiger partial charge in [-0.05, 0) is 50.7 Å². The Morgan fingerprint density at radius 2 is 1.88 bits per heavy atom. The summed E-state index contributed by atoms with van der Waals surface area (Å²) in [5, 5.41) is 9.26. The number of rotatable bonds is 6. The van der Waals surface area contributed by atoms with Crippen molar-refractivity contribution < 1.29 is 4.79 Å². The van der Waals surface area contributed by atoms with Crippen molar-refractivity contribution in [2.75, 3.05) is 0 Å². The van der Waals surface area contributed by atoms with Crippen molar-refractivity contribution in [3.63, 3.8) is 0 Å². The lowest BCUT2D eigenvalue weighted by Crippen LogP contribution is -2.43. The van der Waals surface area contributed by atoms with E-state index < -0.39 is 0 Å². The molecule has 0 bridgehead atoms. The van der Waals surface area contributed by atoms with Gasteiger partial charge >= 0.3 is 0 Å². The third-order valence-electron chi connectivity index (χ3n) is 7.38. The van der Waals surface area contributed by atoms with Gasteiger partial charge in [-0.3, -0.25) is 9.59 Å². The molecule has 1 aliphatic rings. The van der Waals surface area contributed by atoms with E-state index >= 15 is 0 Å². The van der Waals surface area contributed by atoms with Gasteiger partial charge in [0.15, 0.2) is 0 Å². The highest BCUT2D eigenvalue weighted by molar-refractivity contribution is 5.87. The third kappa shape index (κ3) is 4.23.